The van der Waals surface area contributed by atoms with E-state index in [9.17, 15) is 0 Å². The summed E-state index contributed by atoms with van der Waals surface area (Å²) in [5.41, 5.74) is 3.25. The van der Waals surface area contributed by atoms with Gasteiger partial charge in [-0.05, 0) is 30.2 Å². The van der Waals surface area contributed by atoms with E-state index in [-0.39, 0.29) is 0 Å². The van der Waals surface area contributed by atoms with Gasteiger partial charge in [0.1, 0.15) is 11.5 Å². The molecule has 0 fully saturated rings. The summed E-state index contributed by atoms with van der Waals surface area (Å²) in [4.78, 5) is 0. The molecule has 24 heavy (non-hydrogen) atoms. The lowest BCUT2D eigenvalue weighted by Crippen LogP contribution is -1.90. The highest BCUT2D eigenvalue weighted by Gasteiger charge is 2.15. The smallest absolute Gasteiger partial charge is 0.277 e. The van der Waals surface area contributed by atoms with Crippen LogP contribution in [0.1, 0.15) is 11.1 Å². The van der Waals surface area contributed by atoms with Crippen molar-refractivity contribution >= 4 is 11.8 Å². The van der Waals surface area contributed by atoms with Crippen molar-refractivity contribution in [3.05, 3.63) is 53.6 Å². The Hall–Kier alpha value is -2.47. The van der Waals surface area contributed by atoms with Crippen molar-refractivity contribution < 1.29 is 13.9 Å². The number of hydrogen-bond acceptors (Lipinski definition) is 6. The van der Waals surface area contributed by atoms with Gasteiger partial charge in [-0.25, -0.2) is 0 Å². The van der Waals surface area contributed by atoms with Gasteiger partial charge in [0.2, 0.25) is 0 Å². The van der Waals surface area contributed by atoms with E-state index in [1.165, 1.54) is 22.9 Å². The molecule has 2 aromatic carbocycles. The van der Waals surface area contributed by atoms with Crippen LogP contribution in [0.3, 0.4) is 0 Å². The van der Waals surface area contributed by atoms with Crippen LogP contribution >= 0.6 is 11.8 Å². The fourth-order valence-corrected chi connectivity index (χ4v) is 3.10. The second-order valence-corrected chi connectivity index (χ2v) is 6.08. The zero-order valence-electron chi connectivity index (χ0n) is 13.8. The molecule has 6 heteroatoms. The van der Waals surface area contributed by atoms with Crippen LogP contribution in [0.15, 0.2) is 52.1 Å². The first-order valence-electron chi connectivity index (χ1n) is 7.44. The number of hydrogen-bond donors (Lipinski definition) is 0. The largest absolute Gasteiger partial charge is 0.497 e. The van der Waals surface area contributed by atoms with E-state index in [4.69, 9.17) is 13.9 Å². The van der Waals surface area contributed by atoms with E-state index in [1.807, 2.05) is 24.3 Å². The fourth-order valence-electron chi connectivity index (χ4n) is 2.26. The van der Waals surface area contributed by atoms with Crippen LogP contribution in [-0.4, -0.2) is 24.4 Å². The first-order chi connectivity index (χ1) is 11.7. The number of thioether (sulfide) groups is 1. The first-order valence-corrected chi connectivity index (χ1v) is 8.43. The first kappa shape index (κ1) is 16.4. The van der Waals surface area contributed by atoms with Crippen molar-refractivity contribution in [3.63, 3.8) is 0 Å². The van der Waals surface area contributed by atoms with Crippen LogP contribution < -0.4 is 9.47 Å². The van der Waals surface area contributed by atoms with Gasteiger partial charge in [0.25, 0.3) is 11.1 Å². The molecule has 0 aliphatic rings. The zero-order chi connectivity index (χ0) is 16.9. The minimum absolute atomic E-state index is 0.432. The van der Waals surface area contributed by atoms with Crippen LogP contribution in [-0.2, 0) is 5.75 Å². The number of ether oxygens (including phenoxy) is 2. The monoisotopic (exact) mass is 342 g/mol. The number of aryl methyl sites for hydroxylation is 1. The highest BCUT2D eigenvalue weighted by Crippen LogP contribution is 2.34. The van der Waals surface area contributed by atoms with Crippen molar-refractivity contribution in [1.82, 2.24) is 10.2 Å². The number of methoxy groups -OCH3 is 2. The molecule has 0 saturated heterocycles. The average molecular weight is 342 g/mol. The van der Waals surface area contributed by atoms with Gasteiger partial charge in [0, 0.05) is 11.8 Å². The lowest BCUT2D eigenvalue weighted by molar-refractivity contribution is 0.393. The molecule has 124 valence electrons. The fraction of sp³-hybridized carbons (Fsp3) is 0.222. The molecule has 0 aliphatic carbocycles. The lowest BCUT2D eigenvalue weighted by atomic mass is 10.1. The zero-order valence-corrected chi connectivity index (χ0v) is 14.6. The summed E-state index contributed by atoms with van der Waals surface area (Å²) in [5.74, 6) is 2.56. The van der Waals surface area contributed by atoms with E-state index >= 15 is 0 Å². The topological polar surface area (TPSA) is 57.4 Å². The summed E-state index contributed by atoms with van der Waals surface area (Å²) in [6, 6.07) is 13.7. The molecule has 0 saturated carbocycles. The van der Waals surface area contributed by atoms with E-state index in [0.717, 1.165) is 11.3 Å². The molecule has 0 unspecified atom stereocenters. The predicted octanol–water partition coefficient (Wildman–Crippen LogP) is 4.35. The number of benzene rings is 2. The quantitative estimate of drug-likeness (QED) is 0.621. The SMILES string of the molecule is COc1ccc(-c2nnc(SCc3ccccc3C)o2)c(OC)c1. The van der Waals surface area contributed by atoms with E-state index in [2.05, 4.69) is 29.3 Å². The Morgan fingerprint density at radius 3 is 2.62 bits per heavy atom. The Kier molecular flexibility index (Phi) is 5.05. The molecule has 0 N–H and O–H groups in total. The number of aromatic nitrogens is 2. The Bertz CT molecular complexity index is 833. The Balaban J connectivity index is 1.77. The van der Waals surface area contributed by atoms with Gasteiger partial charge in [-0.15, -0.1) is 10.2 Å². The van der Waals surface area contributed by atoms with E-state index < -0.39 is 0 Å². The van der Waals surface area contributed by atoms with Gasteiger partial charge >= 0.3 is 0 Å². The molecule has 1 aromatic heterocycles. The van der Waals surface area contributed by atoms with Crippen LogP contribution in [0.4, 0.5) is 0 Å². The third-order valence-electron chi connectivity index (χ3n) is 3.66. The van der Waals surface area contributed by atoms with Crippen molar-refractivity contribution in [2.75, 3.05) is 14.2 Å². The molecule has 3 aromatic rings. The second-order valence-electron chi connectivity index (χ2n) is 5.15. The Labute approximate surface area is 145 Å². The minimum atomic E-state index is 0.432. The van der Waals surface area contributed by atoms with Crippen LogP contribution in [0.2, 0.25) is 0 Å². The molecular formula is C18H18N2O3S. The van der Waals surface area contributed by atoms with Crippen LogP contribution in [0, 0.1) is 6.92 Å². The van der Waals surface area contributed by atoms with Gasteiger partial charge in [-0.3, -0.25) is 0 Å². The summed E-state index contributed by atoms with van der Waals surface area (Å²) >= 11 is 1.52. The van der Waals surface area contributed by atoms with Gasteiger partial charge in [-0.1, -0.05) is 36.0 Å². The molecule has 0 spiro atoms. The molecular weight excluding hydrogens is 324 g/mol. The molecule has 0 atom stereocenters. The molecule has 0 bridgehead atoms. The predicted molar refractivity (Wildman–Crippen MR) is 93.6 cm³/mol. The standard InChI is InChI=1S/C18H18N2O3S/c1-12-6-4-5-7-13(12)11-24-18-20-19-17(23-18)15-9-8-14(21-2)10-16(15)22-3/h4-10H,11H2,1-3H3. The Morgan fingerprint density at radius 1 is 1.04 bits per heavy atom. The Morgan fingerprint density at radius 2 is 1.88 bits per heavy atom. The lowest BCUT2D eigenvalue weighted by Gasteiger charge is -2.07. The van der Waals surface area contributed by atoms with E-state index in [1.54, 1.807) is 20.3 Å². The highest BCUT2D eigenvalue weighted by molar-refractivity contribution is 7.98. The molecule has 0 amide bonds. The molecule has 0 aliphatic heterocycles. The summed E-state index contributed by atoms with van der Waals surface area (Å²) < 4.78 is 16.3. The van der Waals surface area contributed by atoms with Crippen molar-refractivity contribution in [3.8, 4) is 23.0 Å². The normalized spacial score (nSPS) is 10.6. The second kappa shape index (κ2) is 7.40. The van der Waals surface area contributed by atoms with Gasteiger partial charge < -0.3 is 13.9 Å². The van der Waals surface area contributed by atoms with Gasteiger partial charge in [-0.2, -0.15) is 0 Å². The summed E-state index contributed by atoms with van der Waals surface area (Å²) in [7, 11) is 3.21. The number of rotatable bonds is 6. The van der Waals surface area contributed by atoms with Crippen molar-refractivity contribution in [1.29, 1.82) is 0 Å². The maximum atomic E-state index is 5.77. The summed E-state index contributed by atoms with van der Waals surface area (Å²) in [5, 5.41) is 8.78. The maximum absolute atomic E-state index is 5.77. The average Bonchev–Trinajstić information content (AvgIpc) is 3.09. The van der Waals surface area contributed by atoms with Crippen molar-refractivity contribution in [2.45, 2.75) is 17.9 Å². The molecule has 1 heterocycles. The molecule has 0 radical (unpaired) electrons. The van der Waals surface area contributed by atoms with E-state index in [0.29, 0.717) is 22.6 Å². The van der Waals surface area contributed by atoms with Crippen molar-refractivity contribution in [2.24, 2.45) is 0 Å². The highest BCUT2D eigenvalue weighted by atomic mass is 32.2. The third-order valence-corrected chi connectivity index (χ3v) is 4.53. The number of nitrogens with zero attached hydrogens (tertiary/aromatic N) is 2. The minimum Gasteiger partial charge on any atom is -0.497 e. The van der Waals surface area contributed by atoms with Crippen LogP contribution in [0.25, 0.3) is 11.5 Å². The molecule has 5 nitrogen and oxygen atoms in total. The maximum Gasteiger partial charge on any atom is 0.277 e. The van der Waals surface area contributed by atoms with Crippen LogP contribution in [0.5, 0.6) is 11.5 Å². The third kappa shape index (κ3) is 3.54. The molecule has 3 rings (SSSR count). The summed E-state index contributed by atoms with van der Waals surface area (Å²) in [6.07, 6.45) is 0. The van der Waals surface area contributed by atoms with Gasteiger partial charge in [0.05, 0.1) is 19.8 Å². The van der Waals surface area contributed by atoms with Gasteiger partial charge in [0.15, 0.2) is 0 Å². The summed E-state index contributed by atoms with van der Waals surface area (Å²) in [6.45, 7) is 2.09.